The van der Waals surface area contributed by atoms with Gasteiger partial charge in [0.1, 0.15) is 0 Å². The Kier molecular flexibility index (Phi) is 14.6. The topological polar surface area (TPSA) is 17.1 Å². The highest BCUT2D eigenvalue weighted by Crippen LogP contribution is 1.93. The van der Waals surface area contributed by atoms with E-state index in [-0.39, 0.29) is 18.2 Å². The number of carbonyl (C=O) groups is 1. The lowest BCUT2D eigenvalue weighted by Gasteiger charge is -1.86. The molecule has 0 aliphatic rings. The van der Waals surface area contributed by atoms with Gasteiger partial charge in [-0.05, 0) is 18.9 Å². The van der Waals surface area contributed by atoms with Gasteiger partial charge in [0.25, 0.3) is 0 Å². The molecule has 1 nitrogen and oxygen atoms in total. The van der Waals surface area contributed by atoms with E-state index in [0.717, 1.165) is 19.3 Å². The molecule has 0 heterocycles. The normalized spacial score (nSPS) is 11.3. The number of rotatable bonds is 7. The first kappa shape index (κ1) is 16.6. The lowest BCUT2D eigenvalue weighted by molar-refractivity contribution is -0.113. The molecule has 0 saturated carbocycles. The van der Waals surface area contributed by atoms with Gasteiger partial charge in [-0.25, -0.2) is 0 Å². The van der Waals surface area contributed by atoms with Crippen molar-refractivity contribution in [3.8, 4) is 0 Å². The maximum absolute atomic E-state index is 11.2. The number of unbranched alkanes of at least 4 members (excludes halogenated alkanes) is 1. The van der Waals surface area contributed by atoms with E-state index in [9.17, 15) is 4.79 Å². The van der Waals surface area contributed by atoms with Gasteiger partial charge in [-0.1, -0.05) is 50.6 Å². The molecule has 0 aliphatic carbocycles. The van der Waals surface area contributed by atoms with Gasteiger partial charge < -0.3 is 0 Å². The predicted molar refractivity (Wildman–Crippen MR) is 69.5 cm³/mol. The largest absolute Gasteiger partial charge is 0.295 e. The molecule has 0 amide bonds. The molecular formula is C13H21ClO. The lowest BCUT2D eigenvalue weighted by Crippen LogP contribution is -1.88. The lowest BCUT2D eigenvalue weighted by atomic mass is 10.2. The molecule has 0 N–H and O–H groups in total. The Morgan fingerprint density at radius 2 is 1.73 bits per heavy atom. The molecule has 0 unspecified atom stereocenters. The van der Waals surface area contributed by atoms with Crippen LogP contribution in [0.3, 0.4) is 0 Å². The fourth-order valence-electron chi connectivity index (χ4n) is 0.927. The molecule has 0 aromatic heterocycles. The fourth-order valence-corrected chi connectivity index (χ4v) is 0.927. The summed E-state index contributed by atoms with van der Waals surface area (Å²) in [5, 5.41) is 0. The van der Waals surface area contributed by atoms with Crippen LogP contribution >= 0.6 is 12.4 Å². The maximum atomic E-state index is 11.2. The first-order valence-corrected chi connectivity index (χ1v) is 5.32. The summed E-state index contributed by atoms with van der Waals surface area (Å²) in [5.74, 6) is 0.180. The monoisotopic (exact) mass is 228 g/mol. The van der Waals surface area contributed by atoms with Crippen LogP contribution < -0.4 is 0 Å². The average molecular weight is 229 g/mol. The smallest absolute Gasteiger partial charge is 0.159 e. The van der Waals surface area contributed by atoms with E-state index >= 15 is 0 Å². The summed E-state index contributed by atoms with van der Waals surface area (Å²) in [4.78, 5) is 11.2. The van der Waals surface area contributed by atoms with Crippen LogP contribution in [-0.2, 0) is 4.79 Å². The van der Waals surface area contributed by atoms with Crippen LogP contribution in [0.4, 0.5) is 0 Å². The summed E-state index contributed by atoms with van der Waals surface area (Å²) in [5.41, 5.74) is 0. The van der Waals surface area contributed by atoms with E-state index in [4.69, 9.17) is 0 Å². The first-order valence-electron chi connectivity index (χ1n) is 5.32. The Morgan fingerprint density at radius 3 is 2.33 bits per heavy atom. The Balaban J connectivity index is 0. The molecule has 0 rings (SSSR count). The molecule has 86 valence electrons. The third-order valence-electron chi connectivity index (χ3n) is 1.70. The molecule has 0 saturated heterocycles. The second kappa shape index (κ2) is 13.2. The van der Waals surface area contributed by atoms with Crippen LogP contribution in [0.5, 0.6) is 0 Å². The number of halogens is 1. The van der Waals surface area contributed by atoms with Gasteiger partial charge in [0.05, 0.1) is 0 Å². The number of hydrogen-bond donors (Lipinski definition) is 0. The second-order valence-corrected chi connectivity index (χ2v) is 3.13. The van der Waals surface area contributed by atoms with Crippen LogP contribution in [0, 0.1) is 0 Å². The van der Waals surface area contributed by atoms with Gasteiger partial charge in [-0.2, -0.15) is 0 Å². The summed E-state index contributed by atoms with van der Waals surface area (Å²) in [6.07, 6.45) is 15.1. The zero-order valence-corrected chi connectivity index (χ0v) is 10.4. The Hall–Kier alpha value is -0.820. The molecular weight excluding hydrogens is 208 g/mol. The third kappa shape index (κ3) is 13.2. The number of carbonyl (C=O) groups excluding carboxylic acids is 1. The molecule has 0 aromatic rings. The highest BCUT2D eigenvalue weighted by molar-refractivity contribution is 5.90. The summed E-state index contributed by atoms with van der Waals surface area (Å²) in [6, 6.07) is 0. The van der Waals surface area contributed by atoms with Crippen molar-refractivity contribution in [2.45, 2.75) is 39.5 Å². The standard InChI is InChI=1S/C13H20O.ClH/c1-3-5-7-8-10-12-13(14)11-9-6-4-2;/h5,7-11H,3-4,6,12H2,1-2H3;1H/b7-5+,10-8+,11-9+;. The quantitative estimate of drug-likeness (QED) is 0.470. The Morgan fingerprint density at radius 1 is 1.07 bits per heavy atom. The molecule has 15 heavy (non-hydrogen) atoms. The maximum Gasteiger partial charge on any atom is 0.159 e. The van der Waals surface area contributed by atoms with Gasteiger partial charge >= 0.3 is 0 Å². The summed E-state index contributed by atoms with van der Waals surface area (Å²) in [6.45, 7) is 4.19. The zero-order chi connectivity index (χ0) is 10.6. The highest BCUT2D eigenvalue weighted by atomic mass is 35.5. The van der Waals surface area contributed by atoms with Crippen molar-refractivity contribution in [2.75, 3.05) is 0 Å². The fraction of sp³-hybridized carbons (Fsp3) is 0.462. The average Bonchev–Trinajstić information content (AvgIpc) is 2.18. The van der Waals surface area contributed by atoms with Gasteiger partial charge in [0.15, 0.2) is 5.78 Å². The van der Waals surface area contributed by atoms with Crippen molar-refractivity contribution in [3.63, 3.8) is 0 Å². The van der Waals surface area contributed by atoms with Crippen LogP contribution in [0.2, 0.25) is 0 Å². The predicted octanol–water partition coefficient (Wildman–Crippen LogP) is 4.25. The van der Waals surface area contributed by atoms with E-state index in [1.807, 2.05) is 24.3 Å². The second-order valence-electron chi connectivity index (χ2n) is 3.13. The highest BCUT2D eigenvalue weighted by Gasteiger charge is 1.89. The van der Waals surface area contributed by atoms with E-state index in [2.05, 4.69) is 19.9 Å². The molecule has 0 atom stereocenters. The minimum atomic E-state index is 0. The minimum absolute atomic E-state index is 0. The summed E-state index contributed by atoms with van der Waals surface area (Å²) >= 11 is 0. The molecule has 0 aromatic carbocycles. The minimum Gasteiger partial charge on any atom is -0.295 e. The number of ketones is 1. The van der Waals surface area contributed by atoms with Crippen molar-refractivity contribution in [2.24, 2.45) is 0 Å². The number of allylic oxidation sites excluding steroid dienone is 6. The van der Waals surface area contributed by atoms with Crippen molar-refractivity contribution in [1.29, 1.82) is 0 Å². The molecule has 0 fully saturated rings. The van der Waals surface area contributed by atoms with Crippen molar-refractivity contribution in [1.82, 2.24) is 0 Å². The molecule has 2 heteroatoms. The van der Waals surface area contributed by atoms with E-state index in [1.54, 1.807) is 6.08 Å². The van der Waals surface area contributed by atoms with Crippen LogP contribution in [0.15, 0.2) is 36.5 Å². The van der Waals surface area contributed by atoms with E-state index < -0.39 is 0 Å². The SMILES string of the molecule is CC/C=C/C=C/CC(=O)/C=C/CCC.Cl. The van der Waals surface area contributed by atoms with Crippen LogP contribution in [-0.4, -0.2) is 5.78 Å². The van der Waals surface area contributed by atoms with Crippen molar-refractivity contribution in [3.05, 3.63) is 36.5 Å². The van der Waals surface area contributed by atoms with Gasteiger partial charge in [0.2, 0.25) is 0 Å². The molecule has 0 radical (unpaired) electrons. The zero-order valence-electron chi connectivity index (χ0n) is 9.61. The van der Waals surface area contributed by atoms with Gasteiger partial charge in [-0.15, -0.1) is 12.4 Å². The molecule has 0 bridgehead atoms. The first-order chi connectivity index (χ1) is 6.81. The summed E-state index contributed by atoms with van der Waals surface area (Å²) in [7, 11) is 0. The Bertz CT molecular complexity index is 227. The van der Waals surface area contributed by atoms with Gasteiger partial charge in [0, 0.05) is 6.42 Å². The van der Waals surface area contributed by atoms with Crippen LogP contribution in [0.1, 0.15) is 39.5 Å². The van der Waals surface area contributed by atoms with Crippen molar-refractivity contribution < 1.29 is 4.79 Å². The third-order valence-corrected chi connectivity index (χ3v) is 1.70. The molecule has 0 aliphatic heterocycles. The van der Waals surface area contributed by atoms with E-state index in [0.29, 0.717) is 6.42 Å². The van der Waals surface area contributed by atoms with E-state index in [1.165, 1.54) is 0 Å². The molecule has 0 spiro atoms. The Labute approximate surface area is 99.4 Å². The number of hydrogen-bond acceptors (Lipinski definition) is 1. The van der Waals surface area contributed by atoms with Crippen molar-refractivity contribution >= 4 is 18.2 Å². The van der Waals surface area contributed by atoms with Crippen LogP contribution in [0.25, 0.3) is 0 Å². The summed E-state index contributed by atoms with van der Waals surface area (Å²) < 4.78 is 0. The van der Waals surface area contributed by atoms with Gasteiger partial charge in [-0.3, -0.25) is 4.79 Å².